The lowest BCUT2D eigenvalue weighted by atomic mass is 9.92. The van der Waals surface area contributed by atoms with Gasteiger partial charge in [0.15, 0.2) is 5.82 Å². The Kier molecular flexibility index (Phi) is 8.50. The Balaban J connectivity index is 1.89. The fraction of sp³-hybridized carbons (Fsp3) is 0.440. The minimum atomic E-state index is -1.10. The number of hydrogen-bond acceptors (Lipinski definition) is 6. The van der Waals surface area contributed by atoms with Crippen LogP contribution in [-0.2, 0) is 24.2 Å². The van der Waals surface area contributed by atoms with Gasteiger partial charge in [0.1, 0.15) is 11.6 Å². The number of hydrogen-bond donors (Lipinski definition) is 2. The van der Waals surface area contributed by atoms with Gasteiger partial charge in [0, 0.05) is 19.4 Å². The number of nitrogens with zero attached hydrogens (tertiary/aromatic N) is 5. The lowest BCUT2D eigenvalue weighted by Crippen LogP contribution is -2.51. The molecule has 0 fully saturated rings. The van der Waals surface area contributed by atoms with E-state index >= 15 is 0 Å². The predicted octanol–water partition coefficient (Wildman–Crippen LogP) is 2.79. The Labute approximate surface area is 203 Å². The third-order valence-corrected chi connectivity index (χ3v) is 5.31. The summed E-state index contributed by atoms with van der Waals surface area (Å²) in [5.74, 6) is -1.18. The van der Waals surface area contributed by atoms with Gasteiger partial charge in [0.2, 0.25) is 5.91 Å². The molecule has 0 saturated heterocycles. The summed E-state index contributed by atoms with van der Waals surface area (Å²) in [5.41, 5.74) is 1.22. The van der Waals surface area contributed by atoms with E-state index in [-0.39, 0.29) is 24.3 Å². The van der Waals surface area contributed by atoms with Crippen molar-refractivity contribution in [3.05, 3.63) is 77.1 Å². The summed E-state index contributed by atoms with van der Waals surface area (Å²) in [6.45, 7) is 8.01. The first-order valence-electron chi connectivity index (χ1n) is 11.5. The largest absolute Gasteiger partial charge is 0.389 e. The molecule has 0 aliphatic heterocycles. The van der Waals surface area contributed by atoms with E-state index in [0.29, 0.717) is 24.4 Å². The van der Waals surface area contributed by atoms with Crippen LogP contribution >= 0.6 is 0 Å². The molecule has 0 radical (unpaired) electrons. The second-order valence-electron chi connectivity index (χ2n) is 9.91. The zero-order valence-electron chi connectivity index (χ0n) is 20.4. The standard InChI is InChI=1S/C25H32F2N6O2/c1-17(34)28-22(12-19-10-20(26)13-21(27)11-19)23(35)16-32(15-18-8-6-5-7-9-18)33-24(29-30-31-33)14-25(2,3)4/h5-11,13,22-23,35H,12,14-16H2,1-4H3,(H,28,34). The Hall–Kier alpha value is -3.40. The number of carbonyl (C=O) groups is 1. The highest BCUT2D eigenvalue weighted by atomic mass is 19.1. The van der Waals surface area contributed by atoms with E-state index in [1.54, 1.807) is 9.80 Å². The van der Waals surface area contributed by atoms with E-state index in [1.807, 2.05) is 30.3 Å². The monoisotopic (exact) mass is 486 g/mol. The highest BCUT2D eigenvalue weighted by molar-refractivity contribution is 5.73. The van der Waals surface area contributed by atoms with E-state index in [2.05, 4.69) is 41.6 Å². The summed E-state index contributed by atoms with van der Waals surface area (Å²) in [4.78, 5) is 13.5. The Morgan fingerprint density at radius 3 is 2.37 bits per heavy atom. The van der Waals surface area contributed by atoms with Crippen LogP contribution in [0.1, 0.15) is 44.6 Å². The highest BCUT2D eigenvalue weighted by Gasteiger charge is 2.27. The highest BCUT2D eigenvalue weighted by Crippen LogP contribution is 2.20. The number of nitrogens with one attached hydrogen (secondary N) is 1. The summed E-state index contributed by atoms with van der Waals surface area (Å²) in [5, 5.41) is 27.9. The predicted molar refractivity (Wildman–Crippen MR) is 128 cm³/mol. The molecule has 3 rings (SSSR count). The van der Waals surface area contributed by atoms with Gasteiger partial charge in [0.05, 0.1) is 25.2 Å². The Morgan fingerprint density at radius 1 is 1.11 bits per heavy atom. The fourth-order valence-corrected chi connectivity index (χ4v) is 3.87. The molecule has 0 aliphatic carbocycles. The molecule has 3 aromatic rings. The molecule has 2 unspecified atom stereocenters. The number of halogens is 2. The van der Waals surface area contributed by atoms with Gasteiger partial charge in [-0.3, -0.25) is 9.80 Å². The number of aromatic nitrogens is 4. The van der Waals surface area contributed by atoms with Crippen LogP contribution in [0.25, 0.3) is 0 Å². The molecular formula is C25H32F2N6O2. The SMILES string of the molecule is CC(=O)NC(Cc1cc(F)cc(F)c1)C(O)CN(Cc1ccccc1)n1nnnc1CC(C)(C)C. The van der Waals surface area contributed by atoms with Gasteiger partial charge >= 0.3 is 0 Å². The maximum absolute atomic E-state index is 13.7. The van der Waals surface area contributed by atoms with E-state index in [4.69, 9.17) is 0 Å². The normalized spacial score (nSPS) is 13.3. The minimum Gasteiger partial charge on any atom is -0.389 e. The molecular weight excluding hydrogens is 454 g/mol. The van der Waals surface area contributed by atoms with Gasteiger partial charge in [-0.25, -0.2) is 8.78 Å². The number of rotatable bonds is 10. The van der Waals surface area contributed by atoms with E-state index in [9.17, 15) is 18.7 Å². The second kappa shape index (κ2) is 11.4. The molecule has 10 heteroatoms. The van der Waals surface area contributed by atoms with Gasteiger partial charge in [0.25, 0.3) is 0 Å². The molecule has 0 saturated carbocycles. The molecule has 8 nitrogen and oxygen atoms in total. The summed E-state index contributed by atoms with van der Waals surface area (Å²) in [7, 11) is 0. The average molecular weight is 487 g/mol. The summed E-state index contributed by atoms with van der Waals surface area (Å²) in [6.07, 6.45) is -0.460. The lowest BCUT2D eigenvalue weighted by molar-refractivity contribution is -0.120. The maximum atomic E-state index is 13.7. The van der Waals surface area contributed by atoms with Gasteiger partial charge < -0.3 is 10.4 Å². The number of aliphatic hydroxyl groups excluding tert-OH is 1. The van der Waals surface area contributed by atoms with Gasteiger partial charge in [-0.1, -0.05) is 51.1 Å². The molecule has 2 N–H and O–H groups in total. The molecule has 1 heterocycles. The van der Waals surface area contributed by atoms with Crippen molar-refractivity contribution >= 4 is 5.91 Å². The first-order valence-corrected chi connectivity index (χ1v) is 11.5. The van der Waals surface area contributed by atoms with Crippen molar-refractivity contribution in [3.8, 4) is 0 Å². The van der Waals surface area contributed by atoms with Crippen molar-refractivity contribution in [2.75, 3.05) is 11.6 Å². The summed E-state index contributed by atoms with van der Waals surface area (Å²) >= 11 is 0. The molecule has 2 aromatic carbocycles. The van der Waals surface area contributed by atoms with Crippen molar-refractivity contribution in [3.63, 3.8) is 0 Å². The second-order valence-corrected chi connectivity index (χ2v) is 9.91. The van der Waals surface area contributed by atoms with Crippen LogP contribution in [0.5, 0.6) is 0 Å². The summed E-state index contributed by atoms with van der Waals surface area (Å²) < 4.78 is 27.5. The zero-order chi connectivity index (χ0) is 25.6. The minimum absolute atomic E-state index is 0.0407. The molecule has 35 heavy (non-hydrogen) atoms. The third-order valence-electron chi connectivity index (χ3n) is 5.31. The lowest BCUT2D eigenvalue weighted by Gasteiger charge is -2.32. The van der Waals surface area contributed by atoms with Crippen molar-refractivity contribution in [2.45, 2.75) is 59.2 Å². The number of tetrazole rings is 1. The van der Waals surface area contributed by atoms with Gasteiger partial charge in [-0.05, 0) is 45.5 Å². The van der Waals surface area contributed by atoms with Crippen LogP contribution in [-0.4, -0.2) is 50.0 Å². The van der Waals surface area contributed by atoms with Crippen LogP contribution in [0.2, 0.25) is 0 Å². The number of carbonyl (C=O) groups excluding carboxylic acids is 1. The first kappa shape index (κ1) is 26.2. The quantitative estimate of drug-likeness (QED) is 0.458. The summed E-state index contributed by atoms with van der Waals surface area (Å²) in [6, 6.07) is 12.0. The van der Waals surface area contributed by atoms with Gasteiger partial charge in [-0.15, -0.1) is 9.89 Å². The zero-order valence-corrected chi connectivity index (χ0v) is 20.4. The van der Waals surface area contributed by atoms with E-state index < -0.39 is 23.8 Å². The fourth-order valence-electron chi connectivity index (χ4n) is 3.87. The van der Waals surface area contributed by atoms with Crippen molar-refractivity contribution < 1.29 is 18.7 Å². The van der Waals surface area contributed by atoms with Crippen molar-refractivity contribution in [1.82, 2.24) is 25.6 Å². The van der Waals surface area contributed by atoms with Crippen molar-refractivity contribution in [1.29, 1.82) is 0 Å². The molecule has 2 atom stereocenters. The molecule has 188 valence electrons. The Bertz CT molecular complexity index is 1100. The Morgan fingerprint density at radius 2 is 1.77 bits per heavy atom. The van der Waals surface area contributed by atoms with E-state index in [1.165, 1.54) is 19.1 Å². The van der Waals surface area contributed by atoms with Crippen LogP contribution in [0.3, 0.4) is 0 Å². The van der Waals surface area contributed by atoms with Crippen LogP contribution in [0.4, 0.5) is 8.78 Å². The van der Waals surface area contributed by atoms with Gasteiger partial charge in [-0.2, -0.15) is 0 Å². The molecule has 1 aromatic heterocycles. The molecule has 0 spiro atoms. The topological polar surface area (TPSA) is 96.2 Å². The molecule has 0 bridgehead atoms. The third kappa shape index (κ3) is 8.10. The van der Waals surface area contributed by atoms with Crippen LogP contribution in [0, 0.1) is 17.0 Å². The molecule has 0 aliphatic rings. The average Bonchev–Trinajstić information content (AvgIpc) is 3.18. The smallest absolute Gasteiger partial charge is 0.217 e. The first-order chi connectivity index (χ1) is 16.5. The molecule has 1 amide bonds. The number of benzene rings is 2. The number of aliphatic hydroxyl groups is 1. The van der Waals surface area contributed by atoms with Crippen LogP contribution < -0.4 is 10.3 Å². The number of amides is 1. The maximum Gasteiger partial charge on any atom is 0.217 e. The van der Waals surface area contributed by atoms with E-state index in [0.717, 1.165) is 11.6 Å². The van der Waals surface area contributed by atoms with Crippen molar-refractivity contribution in [2.24, 2.45) is 5.41 Å². The van der Waals surface area contributed by atoms with Crippen LogP contribution in [0.15, 0.2) is 48.5 Å².